The van der Waals surface area contributed by atoms with Crippen LogP contribution in [0.15, 0.2) is 24.7 Å². The van der Waals surface area contributed by atoms with Gasteiger partial charge in [-0.05, 0) is 13.0 Å². The van der Waals surface area contributed by atoms with Crippen LogP contribution >= 0.6 is 0 Å². The molecule has 0 aliphatic heterocycles. The van der Waals surface area contributed by atoms with Crippen molar-refractivity contribution >= 4 is 11.5 Å². The van der Waals surface area contributed by atoms with E-state index in [0.29, 0.717) is 6.54 Å². The largest absolute Gasteiger partial charge is 0.359 e. The molecule has 0 spiro atoms. The Hall–Kier alpha value is -2.44. The molecule has 0 bridgehead atoms. The highest BCUT2D eigenvalue weighted by atomic mass is 16.6. The SMILES string of the molecule is Cc1ccc([N+](=O)[O-])c(NCc2cnc[nH]2)n1. The minimum Gasteiger partial charge on any atom is -0.359 e. The van der Waals surface area contributed by atoms with E-state index in [1.807, 2.05) is 0 Å². The van der Waals surface area contributed by atoms with Gasteiger partial charge in [0.2, 0.25) is 5.82 Å². The lowest BCUT2D eigenvalue weighted by Gasteiger charge is -2.05. The monoisotopic (exact) mass is 233 g/mol. The Kier molecular flexibility index (Phi) is 2.99. The molecule has 88 valence electrons. The zero-order valence-electron chi connectivity index (χ0n) is 9.17. The number of imidazole rings is 1. The van der Waals surface area contributed by atoms with Crippen molar-refractivity contribution in [3.05, 3.63) is 46.2 Å². The average Bonchev–Trinajstić information content (AvgIpc) is 2.78. The smallest absolute Gasteiger partial charge is 0.311 e. The molecule has 7 nitrogen and oxygen atoms in total. The molecule has 0 fully saturated rings. The van der Waals surface area contributed by atoms with Crippen LogP contribution < -0.4 is 5.32 Å². The third-order valence-corrected chi connectivity index (χ3v) is 2.21. The van der Waals surface area contributed by atoms with Crippen LogP contribution in [0.5, 0.6) is 0 Å². The fourth-order valence-corrected chi connectivity index (χ4v) is 1.39. The number of rotatable bonds is 4. The summed E-state index contributed by atoms with van der Waals surface area (Å²) < 4.78 is 0. The molecule has 0 amide bonds. The van der Waals surface area contributed by atoms with Gasteiger partial charge in [-0.15, -0.1) is 0 Å². The molecule has 0 radical (unpaired) electrons. The molecule has 2 aromatic rings. The summed E-state index contributed by atoms with van der Waals surface area (Å²) >= 11 is 0. The van der Waals surface area contributed by atoms with Gasteiger partial charge >= 0.3 is 5.69 Å². The van der Waals surface area contributed by atoms with Crippen LogP contribution in [0, 0.1) is 17.0 Å². The summed E-state index contributed by atoms with van der Waals surface area (Å²) in [6.07, 6.45) is 3.20. The fourth-order valence-electron chi connectivity index (χ4n) is 1.39. The Balaban J connectivity index is 2.19. The van der Waals surface area contributed by atoms with E-state index in [1.54, 1.807) is 25.5 Å². The summed E-state index contributed by atoms with van der Waals surface area (Å²) in [7, 11) is 0. The van der Waals surface area contributed by atoms with Gasteiger partial charge in [0.15, 0.2) is 0 Å². The molecule has 0 aromatic carbocycles. The van der Waals surface area contributed by atoms with E-state index in [0.717, 1.165) is 11.4 Å². The number of aromatic nitrogens is 3. The van der Waals surface area contributed by atoms with Crippen LogP contribution in [-0.2, 0) is 6.54 Å². The van der Waals surface area contributed by atoms with E-state index < -0.39 is 4.92 Å². The number of anilines is 1. The van der Waals surface area contributed by atoms with Crippen molar-refractivity contribution in [3.8, 4) is 0 Å². The molecule has 0 saturated carbocycles. The topological polar surface area (TPSA) is 96.7 Å². The Labute approximate surface area is 97.1 Å². The fraction of sp³-hybridized carbons (Fsp3) is 0.200. The average molecular weight is 233 g/mol. The summed E-state index contributed by atoms with van der Waals surface area (Å²) in [4.78, 5) is 21.2. The van der Waals surface area contributed by atoms with E-state index in [1.165, 1.54) is 6.07 Å². The van der Waals surface area contributed by atoms with Gasteiger partial charge in [-0.3, -0.25) is 10.1 Å². The highest BCUT2D eigenvalue weighted by molar-refractivity contribution is 5.56. The maximum atomic E-state index is 10.8. The summed E-state index contributed by atoms with van der Waals surface area (Å²) in [6.45, 7) is 2.20. The minimum atomic E-state index is -0.457. The van der Waals surface area contributed by atoms with E-state index in [2.05, 4.69) is 20.3 Å². The quantitative estimate of drug-likeness (QED) is 0.618. The van der Waals surface area contributed by atoms with Gasteiger partial charge in [-0.2, -0.15) is 0 Å². The molecular formula is C10H11N5O2. The number of nitro groups is 1. The number of pyridine rings is 1. The van der Waals surface area contributed by atoms with Gasteiger partial charge < -0.3 is 10.3 Å². The Morgan fingerprint density at radius 3 is 3.00 bits per heavy atom. The second-order valence-electron chi connectivity index (χ2n) is 3.51. The van der Waals surface area contributed by atoms with Crippen LogP contribution in [0.4, 0.5) is 11.5 Å². The molecule has 2 rings (SSSR count). The summed E-state index contributed by atoms with van der Waals surface area (Å²) in [5.74, 6) is 0.268. The lowest BCUT2D eigenvalue weighted by Crippen LogP contribution is -2.05. The van der Waals surface area contributed by atoms with Crippen molar-refractivity contribution in [3.63, 3.8) is 0 Å². The number of H-pyrrole nitrogens is 1. The summed E-state index contributed by atoms with van der Waals surface area (Å²) in [6, 6.07) is 3.05. The standard InChI is InChI=1S/C10H11N5O2/c1-7-2-3-9(15(16)17)10(14-7)12-5-8-4-11-6-13-8/h2-4,6H,5H2,1H3,(H,11,13)(H,12,14). The first kappa shape index (κ1) is 11.1. The first-order chi connectivity index (χ1) is 8.16. The van der Waals surface area contributed by atoms with Gasteiger partial charge in [0, 0.05) is 18.0 Å². The normalized spacial score (nSPS) is 10.2. The van der Waals surface area contributed by atoms with Gasteiger partial charge in [-0.25, -0.2) is 9.97 Å². The van der Waals surface area contributed by atoms with E-state index in [-0.39, 0.29) is 11.5 Å². The lowest BCUT2D eigenvalue weighted by molar-refractivity contribution is -0.384. The summed E-state index contributed by atoms with van der Waals surface area (Å²) in [5.41, 5.74) is 1.53. The third-order valence-electron chi connectivity index (χ3n) is 2.21. The maximum Gasteiger partial charge on any atom is 0.311 e. The molecule has 17 heavy (non-hydrogen) atoms. The number of nitrogens with one attached hydrogen (secondary N) is 2. The number of nitrogens with zero attached hydrogens (tertiary/aromatic N) is 3. The second-order valence-corrected chi connectivity index (χ2v) is 3.51. The number of aromatic amines is 1. The Morgan fingerprint density at radius 2 is 2.35 bits per heavy atom. The van der Waals surface area contributed by atoms with Gasteiger partial charge in [0.25, 0.3) is 0 Å². The van der Waals surface area contributed by atoms with Crippen molar-refractivity contribution < 1.29 is 4.92 Å². The molecule has 7 heteroatoms. The molecule has 2 N–H and O–H groups in total. The van der Waals surface area contributed by atoms with Gasteiger partial charge in [-0.1, -0.05) is 0 Å². The van der Waals surface area contributed by atoms with Crippen LogP contribution in [0.1, 0.15) is 11.4 Å². The Morgan fingerprint density at radius 1 is 1.53 bits per heavy atom. The van der Waals surface area contributed by atoms with Crippen LogP contribution in [-0.4, -0.2) is 19.9 Å². The molecular weight excluding hydrogens is 222 g/mol. The van der Waals surface area contributed by atoms with E-state index >= 15 is 0 Å². The van der Waals surface area contributed by atoms with Crippen molar-refractivity contribution in [2.24, 2.45) is 0 Å². The lowest BCUT2D eigenvalue weighted by atomic mass is 10.3. The molecule has 0 saturated heterocycles. The zero-order valence-corrected chi connectivity index (χ0v) is 9.17. The number of aryl methyl sites for hydroxylation is 1. The molecule has 2 heterocycles. The minimum absolute atomic E-state index is 0.0323. The van der Waals surface area contributed by atoms with E-state index in [4.69, 9.17) is 0 Å². The van der Waals surface area contributed by atoms with Gasteiger partial charge in [0.05, 0.1) is 23.5 Å². The highest BCUT2D eigenvalue weighted by Gasteiger charge is 2.14. The predicted octanol–water partition coefficient (Wildman–Crippen LogP) is 1.63. The predicted molar refractivity (Wildman–Crippen MR) is 61.5 cm³/mol. The third kappa shape index (κ3) is 2.57. The van der Waals surface area contributed by atoms with Gasteiger partial charge in [0.1, 0.15) is 0 Å². The van der Waals surface area contributed by atoms with Crippen molar-refractivity contribution in [2.75, 3.05) is 5.32 Å². The van der Waals surface area contributed by atoms with Crippen molar-refractivity contribution in [1.29, 1.82) is 0 Å². The van der Waals surface area contributed by atoms with Crippen LogP contribution in [0.2, 0.25) is 0 Å². The van der Waals surface area contributed by atoms with Crippen LogP contribution in [0.25, 0.3) is 0 Å². The molecule has 0 aliphatic carbocycles. The number of hydrogen-bond donors (Lipinski definition) is 2. The first-order valence-electron chi connectivity index (χ1n) is 5.00. The highest BCUT2D eigenvalue weighted by Crippen LogP contribution is 2.22. The second kappa shape index (κ2) is 4.60. The molecule has 0 unspecified atom stereocenters. The van der Waals surface area contributed by atoms with E-state index in [9.17, 15) is 10.1 Å². The maximum absolute atomic E-state index is 10.8. The summed E-state index contributed by atoms with van der Waals surface area (Å²) in [5, 5.41) is 13.7. The molecule has 0 aliphatic rings. The van der Waals surface area contributed by atoms with Crippen molar-refractivity contribution in [2.45, 2.75) is 13.5 Å². The van der Waals surface area contributed by atoms with Crippen LogP contribution in [0.3, 0.4) is 0 Å². The molecule has 2 aromatic heterocycles. The number of hydrogen-bond acceptors (Lipinski definition) is 5. The van der Waals surface area contributed by atoms with Crippen molar-refractivity contribution in [1.82, 2.24) is 15.0 Å². The first-order valence-corrected chi connectivity index (χ1v) is 5.00. The Bertz CT molecular complexity index is 523. The zero-order chi connectivity index (χ0) is 12.3. The molecule has 0 atom stereocenters.